The van der Waals surface area contributed by atoms with Gasteiger partial charge in [-0.1, -0.05) is 29.3 Å². The second-order valence-electron chi connectivity index (χ2n) is 2.56. The summed E-state index contributed by atoms with van der Waals surface area (Å²) in [7, 11) is 1.18. The Morgan fingerprint density at radius 1 is 1.43 bits per heavy atom. The van der Waals surface area contributed by atoms with Gasteiger partial charge in [0.15, 0.2) is 6.10 Å². The second-order valence-corrected chi connectivity index (χ2v) is 3.38. The lowest BCUT2D eigenvalue weighted by Crippen LogP contribution is -2.14. The number of aliphatic hydroxyl groups is 1. The Balaban J connectivity index is 3.11. The van der Waals surface area contributed by atoms with Gasteiger partial charge in [-0.2, -0.15) is 0 Å². The molecule has 0 radical (unpaired) electrons. The van der Waals surface area contributed by atoms with Crippen molar-refractivity contribution in [2.75, 3.05) is 7.11 Å². The van der Waals surface area contributed by atoms with Crippen LogP contribution in [0.2, 0.25) is 10.0 Å². The molecule has 0 aliphatic carbocycles. The van der Waals surface area contributed by atoms with Crippen molar-refractivity contribution >= 4 is 29.2 Å². The molecular weight excluding hydrogens is 227 g/mol. The summed E-state index contributed by atoms with van der Waals surface area (Å²) < 4.78 is 4.37. The normalized spacial score (nSPS) is 12.3. The van der Waals surface area contributed by atoms with Crippen molar-refractivity contribution in [3.05, 3.63) is 33.8 Å². The van der Waals surface area contributed by atoms with Crippen LogP contribution in [0, 0.1) is 0 Å². The molecule has 1 rings (SSSR count). The minimum atomic E-state index is -1.44. The fraction of sp³-hybridized carbons (Fsp3) is 0.222. The van der Waals surface area contributed by atoms with E-state index < -0.39 is 12.1 Å². The van der Waals surface area contributed by atoms with E-state index in [-0.39, 0.29) is 15.6 Å². The van der Waals surface area contributed by atoms with Gasteiger partial charge in [0.1, 0.15) is 0 Å². The molecule has 1 unspecified atom stereocenters. The Morgan fingerprint density at radius 3 is 2.36 bits per heavy atom. The fourth-order valence-corrected chi connectivity index (χ4v) is 1.61. The van der Waals surface area contributed by atoms with Crippen LogP contribution in [0.15, 0.2) is 18.2 Å². The molecule has 0 bridgehead atoms. The number of rotatable bonds is 2. The molecule has 5 heteroatoms. The smallest absolute Gasteiger partial charge is 0.339 e. The van der Waals surface area contributed by atoms with E-state index >= 15 is 0 Å². The SMILES string of the molecule is COC(=O)C(O)c1c(Cl)cccc1Cl. The van der Waals surface area contributed by atoms with E-state index in [0.717, 1.165) is 0 Å². The third kappa shape index (κ3) is 2.18. The van der Waals surface area contributed by atoms with E-state index in [4.69, 9.17) is 23.2 Å². The van der Waals surface area contributed by atoms with Crippen molar-refractivity contribution in [2.45, 2.75) is 6.10 Å². The van der Waals surface area contributed by atoms with Crippen LogP contribution < -0.4 is 0 Å². The minimum Gasteiger partial charge on any atom is -0.467 e. The number of hydrogen-bond acceptors (Lipinski definition) is 3. The maximum atomic E-state index is 11.0. The zero-order chi connectivity index (χ0) is 10.7. The molecule has 3 nitrogen and oxygen atoms in total. The number of ether oxygens (including phenoxy) is 1. The Bertz CT molecular complexity index is 332. The molecule has 1 aromatic carbocycles. The molecule has 0 saturated carbocycles. The highest BCUT2D eigenvalue weighted by Crippen LogP contribution is 2.30. The van der Waals surface area contributed by atoms with Gasteiger partial charge >= 0.3 is 5.97 Å². The first-order chi connectivity index (χ1) is 6.57. The van der Waals surface area contributed by atoms with Gasteiger partial charge in [-0.25, -0.2) is 4.79 Å². The topological polar surface area (TPSA) is 46.5 Å². The van der Waals surface area contributed by atoms with Crippen LogP contribution in [-0.2, 0) is 9.53 Å². The largest absolute Gasteiger partial charge is 0.467 e. The van der Waals surface area contributed by atoms with Gasteiger partial charge in [-0.05, 0) is 12.1 Å². The van der Waals surface area contributed by atoms with Crippen molar-refractivity contribution in [3.63, 3.8) is 0 Å². The van der Waals surface area contributed by atoms with Crippen molar-refractivity contribution < 1.29 is 14.6 Å². The highest BCUT2D eigenvalue weighted by Gasteiger charge is 2.23. The fourth-order valence-electron chi connectivity index (χ4n) is 1.00. The van der Waals surface area contributed by atoms with E-state index in [0.29, 0.717) is 0 Å². The lowest BCUT2D eigenvalue weighted by atomic mass is 10.1. The summed E-state index contributed by atoms with van der Waals surface area (Å²) in [6, 6.07) is 4.70. The van der Waals surface area contributed by atoms with Crippen LogP contribution in [0.1, 0.15) is 11.7 Å². The van der Waals surface area contributed by atoms with Gasteiger partial charge in [0, 0.05) is 15.6 Å². The Hall–Kier alpha value is -0.770. The van der Waals surface area contributed by atoms with E-state index in [2.05, 4.69) is 4.74 Å². The monoisotopic (exact) mass is 234 g/mol. The molecule has 0 aromatic heterocycles. The number of halogens is 2. The summed E-state index contributed by atoms with van der Waals surface area (Å²) in [6.07, 6.45) is -1.44. The van der Waals surface area contributed by atoms with E-state index in [9.17, 15) is 9.90 Å². The first kappa shape index (κ1) is 11.3. The molecule has 1 atom stereocenters. The summed E-state index contributed by atoms with van der Waals surface area (Å²) >= 11 is 11.5. The summed E-state index contributed by atoms with van der Waals surface area (Å²) in [5, 5.41) is 9.97. The number of benzene rings is 1. The number of methoxy groups -OCH3 is 1. The van der Waals surface area contributed by atoms with E-state index in [1.807, 2.05) is 0 Å². The highest BCUT2D eigenvalue weighted by atomic mass is 35.5. The molecule has 0 aliphatic rings. The van der Waals surface area contributed by atoms with Crippen LogP contribution in [0.3, 0.4) is 0 Å². The molecule has 0 saturated heterocycles. The molecule has 14 heavy (non-hydrogen) atoms. The van der Waals surface area contributed by atoms with Crippen LogP contribution in [0.25, 0.3) is 0 Å². The molecule has 0 aliphatic heterocycles. The third-order valence-corrected chi connectivity index (χ3v) is 2.36. The van der Waals surface area contributed by atoms with Crippen LogP contribution >= 0.6 is 23.2 Å². The molecule has 0 amide bonds. The van der Waals surface area contributed by atoms with Crippen molar-refractivity contribution in [2.24, 2.45) is 0 Å². The molecule has 76 valence electrons. The number of carbonyl (C=O) groups is 1. The lowest BCUT2D eigenvalue weighted by molar-refractivity contribution is -0.150. The predicted molar refractivity (Wildman–Crippen MR) is 53.4 cm³/mol. The van der Waals surface area contributed by atoms with E-state index in [1.54, 1.807) is 6.07 Å². The Kier molecular flexibility index (Phi) is 3.75. The second kappa shape index (κ2) is 4.64. The number of aliphatic hydroxyl groups excluding tert-OH is 1. The number of hydrogen-bond donors (Lipinski definition) is 1. The zero-order valence-electron chi connectivity index (χ0n) is 7.33. The van der Waals surface area contributed by atoms with Crippen molar-refractivity contribution in [3.8, 4) is 0 Å². The van der Waals surface area contributed by atoms with Crippen LogP contribution in [0.4, 0.5) is 0 Å². The highest BCUT2D eigenvalue weighted by molar-refractivity contribution is 6.36. The average molecular weight is 235 g/mol. The van der Waals surface area contributed by atoms with Gasteiger partial charge in [0.05, 0.1) is 7.11 Å². The molecule has 1 N–H and O–H groups in total. The minimum absolute atomic E-state index is 0.169. The lowest BCUT2D eigenvalue weighted by Gasteiger charge is -2.11. The van der Waals surface area contributed by atoms with Gasteiger partial charge in [-0.15, -0.1) is 0 Å². The van der Waals surface area contributed by atoms with Gasteiger partial charge in [-0.3, -0.25) is 0 Å². The summed E-state index contributed by atoms with van der Waals surface area (Å²) in [4.78, 5) is 11.0. The molecular formula is C9H8Cl2O3. The maximum Gasteiger partial charge on any atom is 0.339 e. The standard InChI is InChI=1S/C9H8Cl2O3/c1-14-9(13)8(12)7-5(10)3-2-4-6(7)11/h2-4,8,12H,1H3. The first-order valence-electron chi connectivity index (χ1n) is 3.77. The van der Waals surface area contributed by atoms with Crippen molar-refractivity contribution in [1.82, 2.24) is 0 Å². The first-order valence-corrected chi connectivity index (χ1v) is 4.53. The Labute approximate surface area is 91.2 Å². The Morgan fingerprint density at radius 2 is 1.93 bits per heavy atom. The predicted octanol–water partition coefficient (Wildman–Crippen LogP) is 2.20. The number of carbonyl (C=O) groups excluding carboxylic acids is 1. The summed E-state index contributed by atoms with van der Waals surface area (Å²) in [5.74, 6) is -0.792. The van der Waals surface area contributed by atoms with Crippen LogP contribution in [-0.4, -0.2) is 18.2 Å². The number of esters is 1. The van der Waals surface area contributed by atoms with Gasteiger partial charge in [0.2, 0.25) is 0 Å². The summed E-state index contributed by atoms with van der Waals surface area (Å²) in [6.45, 7) is 0. The van der Waals surface area contributed by atoms with Crippen LogP contribution in [0.5, 0.6) is 0 Å². The average Bonchev–Trinajstić information content (AvgIpc) is 2.16. The molecule has 0 spiro atoms. The van der Waals surface area contributed by atoms with Gasteiger partial charge < -0.3 is 9.84 Å². The maximum absolute atomic E-state index is 11.0. The zero-order valence-corrected chi connectivity index (χ0v) is 8.84. The van der Waals surface area contributed by atoms with Crippen molar-refractivity contribution in [1.29, 1.82) is 0 Å². The quantitative estimate of drug-likeness (QED) is 0.799. The third-order valence-electron chi connectivity index (χ3n) is 1.70. The van der Waals surface area contributed by atoms with Gasteiger partial charge in [0.25, 0.3) is 0 Å². The summed E-state index contributed by atoms with van der Waals surface area (Å²) in [5.41, 5.74) is 0.169. The molecule has 1 aromatic rings. The molecule has 0 heterocycles. The molecule has 0 fully saturated rings. The van der Waals surface area contributed by atoms with E-state index in [1.165, 1.54) is 19.2 Å².